The number of imide groups is 1. The van der Waals surface area contributed by atoms with Crippen LogP contribution in [0.25, 0.3) is 0 Å². The van der Waals surface area contributed by atoms with Crippen molar-refractivity contribution in [1.29, 1.82) is 0 Å². The van der Waals surface area contributed by atoms with Crippen LogP contribution in [0.2, 0.25) is 0 Å². The first kappa shape index (κ1) is 34.8. The molecule has 0 aromatic rings. The molecule has 1 saturated heterocycles. The second kappa shape index (κ2) is 18.0. The quantitative estimate of drug-likeness (QED) is 0.403. The van der Waals surface area contributed by atoms with Crippen molar-refractivity contribution in [2.24, 2.45) is 5.92 Å². The van der Waals surface area contributed by atoms with Gasteiger partial charge in [-0.15, -0.1) is 11.8 Å². The smallest absolute Gasteiger partial charge is 0.407 e. The molecule has 0 bridgehead atoms. The molecule has 1 rings (SSSR count). The lowest BCUT2D eigenvalue weighted by Gasteiger charge is -2.19. The van der Waals surface area contributed by atoms with Crippen molar-refractivity contribution >= 4 is 29.7 Å². The molecular weight excluding hydrogens is 454 g/mol. The van der Waals surface area contributed by atoms with Gasteiger partial charge in [0.05, 0.1) is 17.5 Å². The summed E-state index contributed by atoms with van der Waals surface area (Å²) >= 11 is 1.58. The molecule has 1 aliphatic rings. The topological polar surface area (TPSA) is 108 Å². The van der Waals surface area contributed by atoms with E-state index < -0.39 is 0 Å². The fourth-order valence-corrected chi connectivity index (χ4v) is 3.80. The zero-order valence-corrected chi connectivity index (χ0v) is 24.3. The third-order valence-corrected chi connectivity index (χ3v) is 5.59. The maximum Gasteiger partial charge on any atom is 0.407 e. The highest BCUT2D eigenvalue weighted by Gasteiger charge is 2.40. The molecule has 3 N–H and O–H groups in total. The zero-order chi connectivity index (χ0) is 27.2. The Hall–Kier alpha value is -1.32. The Balaban J connectivity index is 0. The van der Waals surface area contributed by atoms with Crippen LogP contribution in [0.5, 0.6) is 0 Å². The number of alkyl carbamates (subject to hydrolysis) is 1. The van der Waals surface area contributed by atoms with Crippen molar-refractivity contribution in [1.82, 2.24) is 15.5 Å². The Labute approximate surface area is 212 Å². The zero-order valence-electron chi connectivity index (χ0n) is 23.5. The first-order valence-electron chi connectivity index (χ1n) is 12.4. The maximum atomic E-state index is 11.8. The number of hydrogen-bond acceptors (Lipinski definition) is 7. The molecule has 1 aliphatic heterocycles. The summed E-state index contributed by atoms with van der Waals surface area (Å²) in [7, 11) is 0. The lowest BCUT2D eigenvalue weighted by Crippen LogP contribution is -2.37. The van der Waals surface area contributed by atoms with Crippen molar-refractivity contribution in [3.63, 3.8) is 0 Å². The van der Waals surface area contributed by atoms with Crippen LogP contribution in [0.3, 0.4) is 0 Å². The number of aliphatic hydroxyl groups excluding tert-OH is 1. The number of hydrogen-bond donors (Lipinski definition) is 3. The average molecular weight is 506 g/mol. The molecule has 2 unspecified atom stereocenters. The summed E-state index contributed by atoms with van der Waals surface area (Å²) in [6, 6.07) is 0.604. The molecule has 202 valence electrons. The SMILES string of the molecule is CC(C)NC(=O)OC(C)C.CC(C)NCC(O)C(C)C.CC(C)SC1CC(=O)N(C(C)C)C1=O. The van der Waals surface area contributed by atoms with Crippen molar-refractivity contribution < 1.29 is 24.2 Å². The van der Waals surface area contributed by atoms with E-state index in [0.29, 0.717) is 30.2 Å². The van der Waals surface area contributed by atoms with Gasteiger partial charge in [-0.25, -0.2) is 4.79 Å². The van der Waals surface area contributed by atoms with Gasteiger partial charge in [0.2, 0.25) is 11.8 Å². The monoisotopic (exact) mass is 505 g/mol. The number of carbonyl (C=O) groups excluding carboxylic acids is 3. The molecular formula is C25H51N3O5S. The van der Waals surface area contributed by atoms with E-state index in [9.17, 15) is 19.5 Å². The molecule has 2 atom stereocenters. The number of rotatable bonds is 9. The van der Waals surface area contributed by atoms with E-state index in [1.165, 1.54) is 4.90 Å². The van der Waals surface area contributed by atoms with Crippen LogP contribution in [-0.4, -0.2) is 75.3 Å². The van der Waals surface area contributed by atoms with Crippen molar-refractivity contribution in [3.05, 3.63) is 0 Å². The van der Waals surface area contributed by atoms with Crippen LogP contribution in [0.4, 0.5) is 4.79 Å². The summed E-state index contributed by atoms with van der Waals surface area (Å²) in [5.74, 6) is 0.318. The van der Waals surface area contributed by atoms with Gasteiger partial charge in [0, 0.05) is 31.1 Å². The van der Waals surface area contributed by atoms with Crippen LogP contribution in [0.15, 0.2) is 0 Å². The van der Waals surface area contributed by atoms with Crippen molar-refractivity contribution in [2.75, 3.05) is 6.54 Å². The molecule has 9 heteroatoms. The number of aliphatic hydroxyl groups is 1. The Morgan fingerprint density at radius 1 is 1.00 bits per heavy atom. The van der Waals surface area contributed by atoms with Gasteiger partial charge >= 0.3 is 6.09 Å². The van der Waals surface area contributed by atoms with E-state index >= 15 is 0 Å². The lowest BCUT2D eigenvalue weighted by atomic mass is 10.1. The summed E-state index contributed by atoms with van der Waals surface area (Å²) in [6.45, 7) is 24.1. The maximum absolute atomic E-state index is 11.8. The predicted octanol–water partition coefficient (Wildman–Crippen LogP) is 4.19. The third kappa shape index (κ3) is 17.2. The molecule has 34 heavy (non-hydrogen) atoms. The van der Waals surface area contributed by atoms with E-state index in [2.05, 4.69) is 24.5 Å². The van der Waals surface area contributed by atoms with Crippen LogP contribution in [0.1, 0.15) is 89.5 Å². The largest absolute Gasteiger partial charge is 0.447 e. The predicted molar refractivity (Wildman–Crippen MR) is 142 cm³/mol. The van der Waals surface area contributed by atoms with Crippen LogP contribution in [0, 0.1) is 5.92 Å². The highest BCUT2D eigenvalue weighted by atomic mass is 32.2. The standard InChI is InChI=1S/C10H17NO2S.C8H19NO.C7H15NO2/c1-6(2)11-9(12)5-8(10(11)13)14-7(3)4;1-6(2)8(10)5-9-7(3)4;1-5(2)8-7(9)10-6(3)4/h6-8H,5H2,1-4H3;6-10H,5H2,1-4H3;5-6H,1-4H3,(H,8,9). The van der Waals surface area contributed by atoms with Gasteiger partial charge in [0.25, 0.3) is 0 Å². The summed E-state index contributed by atoms with van der Waals surface area (Å²) in [6.07, 6.45) is -0.217. The molecule has 0 aliphatic carbocycles. The van der Waals surface area contributed by atoms with Crippen molar-refractivity contribution in [2.45, 2.75) is 130 Å². The number of nitrogens with one attached hydrogen (secondary N) is 2. The van der Waals surface area contributed by atoms with Gasteiger partial charge in [0.15, 0.2) is 0 Å². The number of carbonyl (C=O) groups is 3. The number of ether oxygens (including phenoxy) is 1. The van der Waals surface area contributed by atoms with Gasteiger partial charge in [-0.05, 0) is 52.7 Å². The Morgan fingerprint density at radius 3 is 1.85 bits per heavy atom. The summed E-state index contributed by atoms with van der Waals surface area (Å²) in [5, 5.41) is 15.3. The second-order valence-electron chi connectivity index (χ2n) is 10.2. The Bertz CT molecular complexity index is 583. The van der Waals surface area contributed by atoms with E-state index in [1.807, 2.05) is 69.2 Å². The highest BCUT2D eigenvalue weighted by molar-refractivity contribution is 8.01. The number of nitrogens with zero attached hydrogens (tertiary/aromatic N) is 1. The molecule has 0 saturated carbocycles. The van der Waals surface area contributed by atoms with E-state index in [1.54, 1.807) is 11.8 Å². The molecule has 8 nitrogen and oxygen atoms in total. The molecule has 0 aromatic carbocycles. The number of likely N-dealkylation sites (tertiary alicyclic amines) is 1. The molecule has 3 amide bonds. The van der Waals surface area contributed by atoms with Gasteiger partial charge in [0.1, 0.15) is 0 Å². The van der Waals surface area contributed by atoms with Gasteiger partial charge < -0.3 is 20.5 Å². The minimum Gasteiger partial charge on any atom is -0.447 e. The van der Waals surface area contributed by atoms with Crippen LogP contribution >= 0.6 is 11.8 Å². The molecule has 0 aromatic heterocycles. The van der Waals surface area contributed by atoms with Gasteiger partial charge in [-0.2, -0.15) is 0 Å². The third-order valence-electron chi connectivity index (χ3n) is 4.35. The normalized spacial score (nSPS) is 16.8. The van der Waals surface area contributed by atoms with Crippen LogP contribution < -0.4 is 10.6 Å². The average Bonchev–Trinajstić information content (AvgIpc) is 2.91. The highest BCUT2D eigenvalue weighted by Crippen LogP contribution is 2.29. The molecule has 1 heterocycles. The summed E-state index contributed by atoms with van der Waals surface area (Å²) in [5.41, 5.74) is 0. The van der Waals surface area contributed by atoms with E-state index in [4.69, 9.17) is 4.74 Å². The number of amides is 3. The number of thioether (sulfide) groups is 1. The first-order valence-corrected chi connectivity index (χ1v) is 13.3. The van der Waals surface area contributed by atoms with Crippen LogP contribution in [-0.2, 0) is 14.3 Å². The molecule has 0 spiro atoms. The van der Waals surface area contributed by atoms with Gasteiger partial charge in [-0.3, -0.25) is 14.5 Å². The second-order valence-corrected chi connectivity index (χ2v) is 12.0. The fourth-order valence-electron chi connectivity index (χ4n) is 2.68. The Morgan fingerprint density at radius 2 is 1.53 bits per heavy atom. The fraction of sp³-hybridized carbons (Fsp3) is 0.880. The van der Waals surface area contributed by atoms with E-state index in [0.717, 1.165) is 0 Å². The van der Waals surface area contributed by atoms with Crippen molar-refractivity contribution in [3.8, 4) is 0 Å². The molecule has 0 radical (unpaired) electrons. The van der Waals surface area contributed by atoms with E-state index in [-0.39, 0.29) is 47.4 Å². The minimum absolute atomic E-state index is 0.00670. The minimum atomic E-state index is -0.343. The Kier molecular flexibility index (Phi) is 18.5. The van der Waals surface area contributed by atoms with Gasteiger partial charge in [-0.1, -0.05) is 41.5 Å². The first-order chi connectivity index (χ1) is 15.5. The lowest BCUT2D eigenvalue weighted by molar-refractivity contribution is -0.140. The molecule has 1 fully saturated rings. The summed E-state index contributed by atoms with van der Waals surface area (Å²) < 4.78 is 4.81. The summed E-state index contributed by atoms with van der Waals surface area (Å²) in [4.78, 5) is 35.4.